The third-order valence-electron chi connectivity index (χ3n) is 4.19. The molecule has 6 nitrogen and oxygen atoms in total. The van der Waals surface area contributed by atoms with E-state index >= 15 is 0 Å². The Labute approximate surface area is 140 Å². The fourth-order valence-electron chi connectivity index (χ4n) is 2.91. The van der Waals surface area contributed by atoms with Gasteiger partial charge in [0.15, 0.2) is 0 Å². The lowest BCUT2D eigenvalue weighted by Gasteiger charge is -2.25. The van der Waals surface area contributed by atoms with Gasteiger partial charge >= 0.3 is 5.97 Å². The van der Waals surface area contributed by atoms with E-state index in [9.17, 15) is 9.59 Å². The van der Waals surface area contributed by atoms with Crippen molar-refractivity contribution in [1.82, 2.24) is 10.3 Å². The molecule has 3 rings (SSSR count). The minimum Gasteiger partial charge on any atom is -0.464 e. The molecule has 1 aliphatic rings. The summed E-state index contributed by atoms with van der Waals surface area (Å²) in [4.78, 5) is 29.2. The summed E-state index contributed by atoms with van der Waals surface area (Å²) in [5.74, 6) is -0.431. The molecule has 0 spiro atoms. The van der Waals surface area contributed by atoms with Crippen molar-refractivity contribution in [2.75, 3.05) is 18.6 Å². The van der Waals surface area contributed by atoms with Crippen LogP contribution in [0.1, 0.15) is 28.9 Å². The molecule has 0 unspecified atom stereocenters. The van der Waals surface area contributed by atoms with E-state index in [-0.39, 0.29) is 11.9 Å². The quantitative estimate of drug-likeness (QED) is 0.825. The lowest BCUT2D eigenvalue weighted by atomic mass is 10.1. The number of amides is 1. The molecule has 6 heteroatoms. The Morgan fingerprint density at radius 1 is 1.29 bits per heavy atom. The highest BCUT2D eigenvalue weighted by molar-refractivity contribution is 5.98. The molecule has 2 heterocycles. The number of benzene rings is 1. The van der Waals surface area contributed by atoms with Crippen molar-refractivity contribution in [2.24, 2.45) is 0 Å². The zero-order valence-corrected chi connectivity index (χ0v) is 13.6. The van der Waals surface area contributed by atoms with E-state index < -0.39 is 5.97 Å². The normalized spacial score (nSPS) is 16.8. The van der Waals surface area contributed by atoms with E-state index in [2.05, 4.69) is 10.3 Å². The van der Waals surface area contributed by atoms with E-state index in [4.69, 9.17) is 4.74 Å². The first-order chi connectivity index (χ1) is 11.7. The maximum atomic E-state index is 12.9. The Morgan fingerprint density at radius 3 is 2.75 bits per heavy atom. The second kappa shape index (κ2) is 7.31. The molecule has 1 aliphatic heterocycles. The van der Waals surface area contributed by atoms with Crippen molar-refractivity contribution in [2.45, 2.75) is 25.4 Å². The molecule has 2 aromatic rings. The molecule has 1 aromatic carbocycles. The average molecular weight is 327 g/mol. The number of carbonyl (C=O) groups is 2. The third-order valence-corrected chi connectivity index (χ3v) is 4.19. The minimum absolute atomic E-state index is 0.0202. The van der Waals surface area contributed by atoms with E-state index in [1.807, 2.05) is 30.3 Å². The van der Waals surface area contributed by atoms with Crippen LogP contribution in [0.25, 0.3) is 0 Å². The zero-order chi connectivity index (χ0) is 16.9. The molecule has 0 bridgehead atoms. The lowest BCUT2D eigenvalue weighted by Crippen LogP contribution is -2.43. The van der Waals surface area contributed by atoms with Gasteiger partial charge in [-0.25, -0.2) is 4.79 Å². The molecular weight excluding hydrogens is 306 g/mol. The van der Waals surface area contributed by atoms with E-state index in [1.165, 1.54) is 7.11 Å². The molecule has 1 atom stereocenters. The number of esters is 1. The molecule has 1 saturated heterocycles. The number of hydrogen-bond acceptors (Lipinski definition) is 4. The van der Waals surface area contributed by atoms with Crippen molar-refractivity contribution in [3.8, 4) is 0 Å². The number of aromatic amines is 1. The highest BCUT2D eigenvalue weighted by Crippen LogP contribution is 2.22. The maximum Gasteiger partial charge on any atom is 0.354 e. The Hall–Kier alpha value is -2.60. The maximum absolute atomic E-state index is 12.9. The smallest absolute Gasteiger partial charge is 0.354 e. The summed E-state index contributed by atoms with van der Waals surface area (Å²) in [5.41, 5.74) is 2.03. The Kier molecular flexibility index (Phi) is 4.96. The van der Waals surface area contributed by atoms with Gasteiger partial charge in [0.25, 0.3) is 0 Å². The van der Waals surface area contributed by atoms with Crippen LogP contribution < -0.4 is 10.2 Å². The van der Waals surface area contributed by atoms with Gasteiger partial charge in [0, 0.05) is 6.20 Å². The molecular formula is C18H21N3O3. The molecule has 0 aliphatic carbocycles. The summed E-state index contributed by atoms with van der Waals surface area (Å²) >= 11 is 0. The standard InChI is InChI=1S/C18H21N3O3/c1-24-18(23)16-10-14(11-20-16)21(12-13-6-3-2-4-7-13)17(22)15-8-5-9-19-15/h2-4,6-7,10-11,15,19-20H,5,8-9,12H2,1H3/t15-/m0/s1. The summed E-state index contributed by atoms with van der Waals surface area (Å²) in [6.45, 7) is 1.31. The number of anilines is 1. The molecule has 2 N–H and O–H groups in total. The highest BCUT2D eigenvalue weighted by Gasteiger charge is 2.28. The monoisotopic (exact) mass is 327 g/mol. The van der Waals surface area contributed by atoms with Gasteiger partial charge in [-0.1, -0.05) is 30.3 Å². The predicted molar refractivity (Wildman–Crippen MR) is 90.8 cm³/mol. The number of nitrogens with zero attached hydrogens (tertiary/aromatic N) is 1. The van der Waals surface area contributed by atoms with Gasteiger partial charge in [-0.15, -0.1) is 0 Å². The SMILES string of the molecule is COC(=O)c1cc(N(Cc2ccccc2)C(=O)[C@@H]2CCCN2)c[nH]1. The van der Waals surface area contributed by atoms with E-state index in [1.54, 1.807) is 17.2 Å². The molecule has 126 valence electrons. The van der Waals surface area contributed by atoms with Crippen LogP contribution in [0, 0.1) is 0 Å². The summed E-state index contributed by atoms with van der Waals surface area (Å²) in [6, 6.07) is 11.3. The number of aromatic nitrogens is 1. The fourth-order valence-corrected chi connectivity index (χ4v) is 2.91. The summed E-state index contributed by atoms with van der Waals surface area (Å²) in [6.07, 6.45) is 3.50. The highest BCUT2D eigenvalue weighted by atomic mass is 16.5. The molecule has 1 amide bonds. The average Bonchev–Trinajstić information content (AvgIpc) is 3.31. The molecule has 0 radical (unpaired) electrons. The van der Waals surface area contributed by atoms with Gasteiger partial charge in [-0.3, -0.25) is 4.79 Å². The van der Waals surface area contributed by atoms with Crippen LogP contribution in [0.5, 0.6) is 0 Å². The number of hydrogen-bond donors (Lipinski definition) is 2. The first-order valence-electron chi connectivity index (χ1n) is 8.04. The van der Waals surface area contributed by atoms with E-state index in [0.29, 0.717) is 17.9 Å². The van der Waals surface area contributed by atoms with Gasteiger partial charge < -0.3 is 19.9 Å². The summed E-state index contributed by atoms with van der Waals surface area (Å²) < 4.78 is 4.72. The summed E-state index contributed by atoms with van der Waals surface area (Å²) in [5, 5.41) is 3.24. The Bertz CT molecular complexity index is 705. The van der Waals surface area contributed by atoms with Crippen molar-refractivity contribution in [3.05, 3.63) is 53.9 Å². The molecule has 0 saturated carbocycles. The van der Waals surface area contributed by atoms with Crippen molar-refractivity contribution < 1.29 is 14.3 Å². The largest absolute Gasteiger partial charge is 0.464 e. The van der Waals surface area contributed by atoms with Gasteiger partial charge in [0.2, 0.25) is 5.91 Å². The number of rotatable bonds is 5. The van der Waals surface area contributed by atoms with Crippen LogP contribution in [0.3, 0.4) is 0 Å². The third kappa shape index (κ3) is 3.49. The first-order valence-corrected chi connectivity index (χ1v) is 8.04. The first kappa shape index (κ1) is 16.3. The number of ether oxygens (including phenoxy) is 1. The van der Waals surface area contributed by atoms with Gasteiger partial charge in [-0.05, 0) is 31.0 Å². The van der Waals surface area contributed by atoms with Gasteiger partial charge in [0.1, 0.15) is 5.69 Å². The van der Waals surface area contributed by atoms with E-state index in [0.717, 1.165) is 24.9 Å². The van der Waals surface area contributed by atoms with Crippen LogP contribution in [0.4, 0.5) is 5.69 Å². The lowest BCUT2D eigenvalue weighted by molar-refractivity contribution is -0.120. The van der Waals surface area contributed by atoms with Gasteiger partial charge in [0.05, 0.1) is 25.4 Å². The van der Waals surface area contributed by atoms with Crippen LogP contribution in [-0.2, 0) is 16.1 Å². The summed E-state index contributed by atoms with van der Waals surface area (Å²) in [7, 11) is 1.33. The van der Waals surface area contributed by atoms with Gasteiger partial charge in [-0.2, -0.15) is 0 Å². The minimum atomic E-state index is -0.452. The number of methoxy groups -OCH3 is 1. The molecule has 1 aromatic heterocycles. The van der Waals surface area contributed by atoms with Crippen LogP contribution in [-0.4, -0.2) is 36.6 Å². The fraction of sp³-hybridized carbons (Fsp3) is 0.333. The number of carbonyl (C=O) groups excluding carboxylic acids is 2. The molecule has 24 heavy (non-hydrogen) atoms. The second-order valence-electron chi connectivity index (χ2n) is 5.82. The topological polar surface area (TPSA) is 74.4 Å². The Balaban J connectivity index is 1.87. The Morgan fingerprint density at radius 2 is 2.08 bits per heavy atom. The van der Waals surface area contributed by atoms with Crippen LogP contribution in [0.15, 0.2) is 42.6 Å². The van der Waals surface area contributed by atoms with Crippen LogP contribution in [0.2, 0.25) is 0 Å². The molecule has 1 fully saturated rings. The number of H-pyrrole nitrogens is 1. The predicted octanol–water partition coefficient (Wildman–Crippen LogP) is 2.09. The van der Waals surface area contributed by atoms with Crippen molar-refractivity contribution in [3.63, 3.8) is 0 Å². The second-order valence-corrected chi connectivity index (χ2v) is 5.82. The van der Waals surface area contributed by atoms with Crippen molar-refractivity contribution in [1.29, 1.82) is 0 Å². The number of nitrogens with one attached hydrogen (secondary N) is 2. The van der Waals surface area contributed by atoms with Crippen molar-refractivity contribution >= 4 is 17.6 Å². The zero-order valence-electron chi connectivity index (χ0n) is 13.6. The van der Waals surface area contributed by atoms with Crippen LogP contribution >= 0.6 is 0 Å².